The first kappa shape index (κ1) is 15.8. The molecule has 7 heteroatoms. The molecule has 0 unspecified atom stereocenters. The smallest absolute Gasteiger partial charge is 0.315 e. The number of carbonyl (C=O) groups is 1. The average Bonchev–Trinajstić information content (AvgIpc) is 3.15. The lowest BCUT2D eigenvalue weighted by Crippen LogP contribution is -2.43. The molecule has 0 bridgehead atoms. The highest BCUT2D eigenvalue weighted by Crippen LogP contribution is 2.29. The topological polar surface area (TPSA) is 68.2 Å². The number of nitrogens with zero attached hydrogens (tertiary/aromatic N) is 2. The number of rotatable bonds is 4. The molecule has 2 N–H and O–H groups in total. The van der Waals surface area contributed by atoms with Crippen molar-refractivity contribution in [2.45, 2.75) is 25.1 Å². The fraction of sp³-hybridized carbons (Fsp3) is 0.375. The van der Waals surface area contributed by atoms with E-state index in [0.717, 1.165) is 17.5 Å². The van der Waals surface area contributed by atoms with Gasteiger partial charge in [0.2, 0.25) is 0 Å². The van der Waals surface area contributed by atoms with E-state index in [-0.39, 0.29) is 18.2 Å². The molecule has 3 rings (SSSR count). The Bertz CT molecular complexity index is 671. The molecule has 1 aliphatic rings. The van der Waals surface area contributed by atoms with Crippen molar-refractivity contribution in [1.82, 2.24) is 20.4 Å². The molecule has 122 valence electrons. The Hall–Kier alpha value is -2.05. The van der Waals surface area contributed by atoms with Gasteiger partial charge >= 0.3 is 6.03 Å². The molecule has 1 aromatic heterocycles. The molecule has 6 nitrogen and oxygen atoms in total. The number of aromatic nitrogens is 2. The van der Waals surface area contributed by atoms with Gasteiger partial charge in [0, 0.05) is 37.0 Å². The number of hydrogen-bond donors (Lipinski definition) is 2. The van der Waals surface area contributed by atoms with Crippen LogP contribution in [0, 0.1) is 0 Å². The summed E-state index contributed by atoms with van der Waals surface area (Å²) in [5.41, 5.74) is 1.98. The summed E-state index contributed by atoms with van der Waals surface area (Å²) in [7, 11) is 1.84. The van der Waals surface area contributed by atoms with Crippen molar-refractivity contribution >= 4 is 17.6 Å². The second-order valence-electron chi connectivity index (χ2n) is 5.59. The van der Waals surface area contributed by atoms with Gasteiger partial charge in [-0.05, 0) is 24.1 Å². The van der Waals surface area contributed by atoms with Crippen LogP contribution in [0.3, 0.4) is 0 Å². The molecule has 0 radical (unpaired) electrons. The van der Waals surface area contributed by atoms with E-state index in [1.54, 1.807) is 10.9 Å². The molecule has 2 heterocycles. The fourth-order valence-corrected chi connectivity index (χ4v) is 2.81. The molecule has 2 atom stereocenters. The summed E-state index contributed by atoms with van der Waals surface area (Å²) < 4.78 is 7.46. The number of amides is 2. The number of benzene rings is 1. The van der Waals surface area contributed by atoms with E-state index in [2.05, 4.69) is 15.7 Å². The summed E-state index contributed by atoms with van der Waals surface area (Å²) in [6, 6.07) is 7.27. The van der Waals surface area contributed by atoms with Gasteiger partial charge in [0.25, 0.3) is 0 Å². The Labute approximate surface area is 139 Å². The van der Waals surface area contributed by atoms with Gasteiger partial charge in [-0.2, -0.15) is 5.10 Å². The Kier molecular flexibility index (Phi) is 4.83. The molecule has 0 saturated carbocycles. The minimum atomic E-state index is -0.205. The molecule has 0 aliphatic carbocycles. The highest BCUT2D eigenvalue weighted by Gasteiger charge is 2.30. The molecule has 1 fully saturated rings. The van der Waals surface area contributed by atoms with Crippen LogP contribution in [-0.4, -0.2) is 28.5 Å². The summed E-state index contributed by atoms with van der Waals surface area (Å²) in [5.74, 6) is 0. The molecule has 2 aromatic rings. The van der Waals surface area contributed by atoms with E-state index in [0.29, 0.717) is 18.2 Å². The molecule has 1 aromatic carbocycles. The van der Waals surface area contributed by atoms with Crippen LogP contribution in [0.15, 0.2) is 36.7 Å². The van der Waals surface area contributed by atoms with Crippen LogP contribution in [0.5, 0.6) is 0 Å². The van der Waals surface area contributed by atoms with Crippen LogP contribution in [0.25, 0.3) is 0 Å². The summed E-state index contributed by atoms with van der Waals surface area (Å²) in [6.07, 6.45) is 4.25. The summed E-state index contributed by atoms with van der Waals surface area (Å²) in [5, 5.41) is 10.6. The summed E-state index contributed by atoms with van der Waals surface area (Å²) >= 11 is 5.91. The quantitative estimate of drug-likeness (QED) is 0.902. The summed E-state index contributed by atoms with van der Waals surface area (Å²) in [6.45, 7) is 1.07. The van der Waals surface area contributed by atoms with E-state index in [4.69, 9.17) is 16.3 Å². The number of carbonyl (C=O) groups excluding carboxylic acids is 1. The molecule has 1 aliphatic heterocycles. The normalized spacial score (nSPS) is 20.4. The molecular weight excluding hydrogens is 316 g/mol. The first-order valence-corrected chi connectivity index (χ1v) is 7.88. The molecule has 0 spiro atoms. The van der Waals surface area contributed by atoms with Gasteiger partial charge < -0.3 is 15.4 Å². The van der Waals surface area contributed by atoms with E-state index in [1.165, 1.54) is 0 Å². The van der Waals surface area contributed by atoms with Crippen molar-refractivity contribution in [3.8, 4) is 0 Å². The largest absolute Gasteiger partial charge is 0.371 e. The van der Waals surface area contributed by atoms with E-state index >= 15 is 0 Å². The van der Waals surface area contributed by atoms with Gasteiger partial charge in [0.1, 0.15) is 6.10 Å². The van der Waals surface area contributed by atoms with Gasteiger partial charge in [-0.1, -0.05) is 23.7 Å². The zero-order valence-electron chi connectivity index (χ0n) is 12.8. The standard InChI is InChI=1S/C16H19ClN4O2/c1-21-10-11(9-19-21)8-18-16(22)20-14-6-7-23-15(14)12-2-4-13(17)5-3-12/h2-5,9-10,14-15H,6-8H2,1H3,(H2,18,20,22)/t14-,15+/m1/s1. The summed E-state index contributed by atoms with van der Waals surface area (Å²) in [4.78, 5) is 12.1. The van der Waals surface area contributed by atoms with Crippen molar-refractivity contribution in [2.75, 3.05) is 6.61 Å². The number of hydrogen-bond acceptors (Lipinski definition) is 3. The van der Waals surface area contributed by atoms with E-state index in [9.17, 15) is 4.79 Å². The Morgan fingerprint density at radius 3 is 2.91 bits per heavy atom. The van der Waals surface area contributed by atoms with Crippen LogP contribution in [0.4, 0.5) is 4.79 Å². The maximum Gasteiger partial charge on any atom is 0.315 e. The number of halogens is 1. The van der Waals surface area contributed by atoms with Gasteiger partial charge in [-0.25, -0.2) is 4.79 Å². The van der Waals surface area contributed by atoms with Crippen LogP contribution >= 0.6 is 11.6 Å². The van der Waals surface area contributed by atoms with Crippen molar-refractivity contribution in [3.05, 3.63) is 52.8 Å². The second-order valence-corrected chi connectivity index (χ2v) is 6.02. The minimum Gasteiger partial charge on any atom is -0.371 e. The molecule has 2 amide bonds. The van der Waals surface area contributed by atoms with Crippen LogP contribution < -0.4 is 10.6 Å². The lowest BCUT2D eigenvalue weighted by atomic mass is 10.0. The zero-order valence-corrected chi connectivity index (χ0v) is 13.6. The van der Waals surface area contributed by atoms with Crippen LogP contribution in [0.2, 0.25) is 5.02 Å². The van der Waals surface area contributed by atoms with E-state index < -0.39 is 0 Å². The lowest BCUT2D eigenvalue weighted by Gasteiger charge is -2.20. The Balaban J connectivity index is 1.55. The van der Waals surface area contributed by atoms with Gasteiger partial charge in [0.05, 0.1) is 12.2 Å². The Morgan fingerprint density at radius 1 is 1.43 bits per heavy atom. The highest BCUT2D eigenvalue weighted by molar-refractivity contribution is 6.30. The van der Waals surface area contributed by atoms with Gasteiger partial charge in [-0.3, -0.25) is 4.68 Å². The van der Waals surface area contributed by atoms with Gasteiger partial charge in [-0.15, -0.1) is 0 Å². The molecule has 23 heavy (non-hydrogen) atoms. The maximum atomic E-state index is 12.1. The van der Waals surface area contributed by atoms with Crippen molar-refractivity contribution in [1.29, 1.82) is 0 Å². The monoisotopic (exact) mass is 334 g/mol. The fourth-order valence-electron chi connectivity index (χ4n) is 2.68. The van der Waals surface area contributed by atoms with E-state index in [1.807, 2.05) is 37.5 Å². The van der Waals surface area contributed by atoms with Crippen molar-refractivity contribution in [3.63, 3.8) is 0 Å². The van der Waals surface area contributed by atoms with Crippen LogP contribution in [0.1, 0.15) is 23.7 Å². The predicted molar refractivity (Wildman–Crippen MR) is 87.1 cm³/mol. The Morgan fingerprint density at radius 2 is 2.22 bits per heavy atom. The maximum absolute atomic E-state index is 12.1. The minimum absolute atomic E-state index is 0.0509. The number of ether oxygens (including phenoxy) is 1. The third-order valence-corrected chi connectivity index (χ3v) is 4.07. The molecule has 1 saturated heterocycles. The second kappa shape index (κ2) is 7.02. The lowest BCUT2D eigenvalue weighted by molar-refractivity contribution is 0.0999. The number of aryl methyl sites for hydroxylation is 1. The zero-order chi connectivity index (χ0) is 16.2. The first-order chi connectivity index (χ1) is 11.1. The third kappa shape index (κ3) is 4.03. The highest BCUT2D eigenvalue weighted by atomic mass is 35.5. The number of urea groups is 1. The predicted octanol–water partition coefficient (Wildman–Crippen LogP) is 2.40. The molecular formula is C16H19ClN4O2. The first-order valence-electron chi connectivity index (χ1n) is 7.51. The van der Waals surface area contributed by atoms with Crippen LogP contribution in [-0.2, 0) is 18.3 Å². The SMILES string of the molecule is Cn1cc(CNC(=O)N[C@@H]2CCO[C@H]2c2ccc(Cl)cc2)cn1. The third-order valence-electron chi connectivity index (χ3n) is 3.82. The van der Waals surface area contributed by atoms with Gasteiger partial charge in [0.15, 0.2) is 0 Å². The number of nitrogens with one attached hydrogen (secondary N) is 2. The van der Waals surface area contributed by atoms with Crippen molar-refractivity contribution in [2.24, 2.45) is 7.05 Å². The van der Waals surface area contributed by atoms with Crippen molar-refractivity contribution < 1.29 is 9.53 Å². The average molecular weight is 335 g/mol.